The van der Waals surface area contributed by atoms with Crippen LogP contribution in [0.3, 0.4) is 0 Å². The molecule has 1 atom stereocenters. The number of piperidine rings is 1. The Balaban J connectivity index is 1.66. The molecule has 24 heavy (non-hydrogen) atoms. The minimum Gasteiger partial charge on any atom is -0.302 e. The van der Waals surface area contributed by atoms with E-state index in [1.165, 1.54) is 33.2 Å². The first-order valence-corrected chi connectivity index (χ1v) is 11.2. The van der Waals surface area contributed by atoms with E-state index in [1.807, 2.05) is 11.4 Å². The summed E-state index contributed by atoms with van der Waals surface area (Å²) < 4.78 is 25.3. The zero-order valence-corrected chi connectivity index (χ0v) is 16.1. The fourth-order valence-corrected chi connectivity index (χ4v) is 5.26. The Kier molecular flexibility index (Phi) is 5.26. The lowest BCUT2D eigenvalue weighted by Gasteiger charge is -2.29. The molecule has 6 nitrogen and oxygen atoms in total. The quantitative estimate of drug-likeness (QED) is 0.847. The second-order valence-corrected chi connectivity index (χ2v) is 10.1. The third-order valence-electron chi connectivity index (χ3n) is 3.78. The van der Waals surface area contributed by atoms with Crippen molar-refractivity contribution in [3.05, 3.63) is 21.8 Å². The molecule has 0 spiro atoms. The summed E-state index contributed by atoms with van der Waals surface area (Å²) in [6, 6.07) is 3.69. The van der Waals surface area contributed by atoms with Crippen LogP contribution in [0.1, 0.15) is 12.8 Å². The van der Waals surface area contributed by atoms with Gasteiger partial charge in [0.05, 0.1) is 27.1 Å². The van der Waals surface area contributed by atoms with Crippen molar-refractivity contribution in [3.63, 3.8) is 0 Å². The van der Waals surface area contributed by atoms with E-state index in [0.29, 0.717) is 28.9 Å². The zero-order chi connectivity index (χ0) is 17.3. The number of halogens is 1. The number of hydrogen-bond donors (Lipinski definition) is 1. The summed E-state index contributed by atoms with van der Waals surface area (Å²) in [5.41, 5.74) is 0.772. The summed E-state index contributed by atoms with van der Waals surface area (Å²) in [5, 5.41) is 5.17. The number of carbonyl (C=O) groups excluding carboxylic acids is 1. The van der Waals surface area contributed by atoms with Gasteiger partial charge in [-0.15, -0.1) is 22.7 Å². The van der Waals surface area contributed by atoms with Crippen LogP contribution in [0.2, 0.25) is 4.34 Å². The highest BCUT2D eigenvalue weighted by Gasteiger charge is 2.30. The number of hydrogen-bond acceptors (Lipinski definition) is 6. The van der Waals surface area contributed by atoms with Crippen LogP contribution >= 0.6 is 34.3 Å². The van der Waals surface area contributed by atoms with Gasteiger partial charge < -0.3 is 5.32 Å². The van der Waals surface area contributed by atoms with E-state index < -0.39 is 10.0 Å². The molecule has 1 aliphatic heterocycles. The minimum atomic E-state index is -3.27. The number of aromatic nitrogens is 1. The number of nitrogens with zero attached hydrogens (tertiary/aromatic N) is 2. The fourth-order valence-electron chi connectivity index (χ4n) is 2.56. The third kappa shape index (κ3) is 4.15. The average Bonchev–Trinajstić information content (AvgIpc) is 3.15. The van der Waals surface area contributed by atoms with E-state index in [1.54, 1.807) is 6.07 Å². The maximum absolute atomic E-state index is 12.4. The molecule has 130 valence electrons. The summed E-state index contributed by atoms with van der Waals surface area (Å²) in [6.07, 6.45) is 2.53. The molecule has 3 rings (SSSR count). The fraction of sp³-hybridized carbons (Fsp3) is 0.429. The SMILES string of the molecule is CS(=O)(=O)N1CCCC(C(=O)Nc2nc(-c3ccc(Cl)s3)cs2)C1. The summed E-state index contributed by atoms with van der Waals surface area (Å²) in [4.78, 5) is 17.8. The van der Waals surface area contributed by atoms with Crippen molar-refractivity contribution in [1.29, 1.82) is 0 Å². The van der Waals surface area contributed by atoms with Gasteiger partial charge in [0.2, 0.25) is 15.9 Å². The molecule has 0 saturated carbocycles. The smallest absolute Gasteiger partial charge is 0.230 e. The molecule has 0 bridgehead atoms. The highest BCUT2D eigenvalue weighted by atomic mass is 35.5. The lowest BCUT2D eigenvalue weighted by molar-refractivity contribution is -0.120. The van der Waals surface area contributed by atoms with Crippen LogP contribution in [-0.2, 0) is 14.8 Å². The molecule has 2 aromatic heterocycles. The van der Waals surface area contributed by atoms with Gasteiger partial charge in [-0.3, -0.25) is 4.79 Å². The average molecular weight is 406 g/mol. The molecule has 0 radical (unpaired) electrons. The molecule has 1 aliphatic rings. The van der Waals surface area contributed by atoms with Gasteiger partial charge in [-0.1, -0.05) is 11.6 Å². The van der Waals surface area contributed by atoms with Gasteiger partial charge in [-0.25, -0.2) is 17.7 Å². The number of nitrogens with one attached hydrogen (secondary N) is 1. The van der Waals surface area contributed by atoms with Crippen LogP contribution in [0, 0.1) is 5.92 Å². The molecule has 3 heterocycles. The van der Waals surface area contributed by atoms with Gasteiger partial charge >= 0.3 is 0 Å². The second-order valence-electron chi connectivity index (χ2n) is 5.59. The highest BCUT2D eigenvalue weighted by Crippen LogP contribution is 2.33. The number of thiazole rings is 1. The van der Waals surface area contributed by atoms with Crippen LogP contribution in [-0.4, -0.2) is 43.0 Å². The second kappa shape index (κ2) is 7.09. The van der Waals surface area contributed by atoms with E-state index in [4.69, 9.17) is 11.6 Å². The van der Waals surface area contributed by atoms with Gasteiger partial charge in [0.25, 0.3) is 0 Å². The number of rotatable bonds is 4. The van der Waals surface area contributed by atoms with Crippen LogP contribution in [0.5, 0.6) is 0 Å². The van der Waals surface area contributed by atoms with Crippen molar-refractivity contribution in [2.45, 2.75) is 12.8 Å². The van der Waals surface area contributed by atoms with Crippen molar-refractivity contribution in [3.8, 4) is 10.6 Å². The molecule has 1 amide bonds. The predicted octanol–water partition coefficient (Wildman–Crippen LogP) is 3.14. The first kappa shape index (κ1) is 17.8. The van der Waals surface area contributed by atoms with E-state index in [-0.39, 0.29) is 18.4 Å². The molecule has 1 N–H and O–H groups in total. The van der Waals surface area contributed by atoms with Gasteiger partial charge in [0.15, 0.2) is 5.13 Å². The summed E-state index contributed by atoms with van der Waals surface area (Å²) in [6.45, 7) is 0.701. The number of amides is 1. The summed E-state index contributed by atoms with van der Waals surface area (Å²) in [7, 11) is -3.27. The Hall–Kier alpha value is -1.000. The van der Waals surface area contributed by atoms with Crippen LogP contribution in [0.25, 0.3) is 10.6 Å². The summed E-state index contributed by atoms with van der Waals surface area (Å²) >= 11 is 8.69. The Labute approximate surface area is 153 Å². The van der Waals surface area contributed by atoms with Crippen molar-refractivity contribution >= 4 is 55.3 Å². The van der Waals surface area contributed by atoms with E-state index >= 15 is 0 Å². The number of sulfonamides is 1. The summed E-state index contributed by atoms with van der Waals surface area (Å²) in [5.74, 6) is -0.537. The first-order valence-electron chi connectivity index (χ1n) is 7.30. The van der Waals surface area contributed by atoms with Crippen LogP contribution < -0.4 is 5.32 Å². The molecular weight excluding hydrogens is 390 g/mol. The van der Waals surface area contributed by atoms with Gasteiger partial charge in [-0.2, -0.15) is 0 Å². The van der Waals surface area contributed by atoms with Crippen LogP contribution in [0.4, 0.5) is 5.13 Å². The van der Waals surface area contributed by atoms with E-state index in [2.05, 4.69) is 10.3 Å². The molecular formula is C14H16ClN3O3S3. The molecule has 1 saturated heterocycles. The Morgan fingerprint density at radius 3 is 2.92 bits per heavy atom. The van der Waals surface area contributed by atoms with E-state index in [0.717, 1.165) is 10.6 Å². The Bertz CT molecular complexity index is 846. The third-order valence-corrected chi connectivity index (χ3v) is 7.06. The van der Waals surface area contributed by atoms with E-state index in [9.17, 15) is 13.2 Å². The molecule has 0 aliphatic carbocycles. The number of carbonyl (C=O) groups is 1. The molecule has 10 heteroatoms. The maximum atomic E-state index is 12.4. The zero-order valence-electron chi connectivity index (χ0n) is 12.9. The highest BCUT2D eigenvalue weighted by molar-refractivity contribution is 7.88. The lowest BCUT2D eigenvalue weighted by atomic mass is 9.99. The molecule has 1 fully saturated rings. The normalized spacial score (nSPS) is 19.3. The topological polar surface area (TPSA) is 79.4 Å². The molecule has 1 unspecified atom stereocenters. The van der Waals surface area contributed by atoms with Gasteiger partial charge in [-0.05, 0) is 25.0 Å². The van der Waals surface area contributed by atoms with Gasteiger partial charge in [0, 0.05) is 18.5 Å². The van der Waals surface area contributed by atoms with Crippen molar-refractivity contribution < 1.29 is 13.2 Å². The van der Waals surface area contributed by atoms with Crippen LogP contribution in [0.15, 0.2) is 17.5 Å². The van der Waals surface area contributed by atoms with Crippen molar-refractivity contribution in [2.24, 2.45) is 5.92 Å². The van der Waals surface area contributed by atoms with Crippen molar-refractivity contribution in [1.82, 2.24) is 9.29 Å². The molecule has 2 aromatic rings. The van der Waals surface area contributed by atoms with Gasteiger partial charge in [0.1, 0.15) is 0 Å². The molecule has 0 aromatic carbocycles. The lowest BCUT2D eigenvalue weighted by Crippen LogP contribution is -2.43. The predicted molar refractivity (Wildman–Crippen MR) is 98.2 cm³/mol. The Morgan fingerprint density at radius 2 is 2.25 bits per heavy atom. The minimum absolute atomic E-state index is 0.187. The number of anilines is 1. The van der Waals surface area contributed by atoms with Crippen molar-refractivity contribution in [2.75, 3.05) is 24.7 Å². The number of thiophene rings is 1. The standard InChI is InChI=1S/C14H16ClN3O3S3/c1-24(20,21)18-6-2-3-9(7-18)13(19)17-14-16-10(8-22-14)11-4-5-12(15)23-11/h4-5,8-9H,2-3,6-7H2,1H3,(H,16,17,19). The maximum Gasteiger partial charge on any atom is 0.230 e. The Morgan fingerprint density at radius 1 is 1.46 bits per heavy atom. The first-order chi connectivity index (χ1) is 11.3. The largest absolute Gasteiger partial charge is 0.302 e. The monoisotopic (exact) mass is 405 g/mol.